The smallest absolute Gasteiger partial charge is 0.127 e. The summed E-state index contributed by atoms with van der Waals surface area (Å²) in [5.41, 5.74) is 1.12. The van der Waals surface area contributed by atoms with Crippen molar-refractivity contribution in [3.8, 4) is 0 Å². The maximum absolute atomic E-state index is 4.24. The van der Waals surface area contributed by atoms with E-state index < -0.39 is 0 Å². The average Bonchev–Trinajstić information content (AvgIpc) is 2.29. The minimum atomic E-state index is 0.589. The summed E-state index contributed by atoms with van der Waals surface area (Å²) >= 11 is 0. The lowest BCUT2D eigenvalue weighted by atomic mass is 10.3. The molecule has 1 aromatic rings. The van der Waals surface area contributed by atoms with Crippen molar-refractivity contribution in [2.24, 2.45) is 0 Å². The molecule has 0 amide bonds. The maximum atomic E-state index is 4.24. The normalized spacial score (nSPS) is 10.9. The standard InChI is InChI=1S/C13H24N4/c1-5-14-13-10-12(6-7-16-13)15-8-9-17(4)11(2)3/h6-7,10-11H,5,8-9H2,1-4H3,(H2,14,15,16). The molecule has 0 spiro atoms. The summed E-state index contributed by atoms with van der Waals surface area (Å²) in [6.45, 7) is 9.36. The number of aromatic nitrogens is 1. The highest BCUT2D eigenvalue weighted by molar-refractivity contribution is 5.51. The lowest BCUT2D eigenvalue weighted by Crippen LogP contribution is -2.31. The molecule has 4 heteroatoms. The van der Waals surface area contributed by atoms with E-state index in [9.17, 15) is 0 Å². The van der Waals surface area contributed by atoms with Gasteiger partial charge in [-0.15, -0.1) is 0 Å². The van der Waals surface area contributed by atoms with E-state index in [1.165, 1.54) is 0 Å². The van der Waals surface area contributed by atoms with Crippen LogP contribution in [-0.4, -0.2) is 42.6 Å². The lowest BCUT2D eigenvalue weighted by Gasteiger charge is -2.21. The van der Waals surface area contributed by atoms with Gasteiger partial charge < -0.3 is 15.5 Å². The quantitative estimate of drug-likeness (QED) is 0.762. The van der Waals surface area contributed by atoms with Gasteiger partial charge in [-0.05, 0) is 33.9 Å². The van der Waals surface area contributed by atoms with Crippen molar-refractivity contribution in [3.05, 3.63) is 18.3 Å². The fraction of sp³-hybridized carbons (Fsp3) is 0.615. The summed E-state index contributed by atoms with van der Waals surface area (Å²) in [6.07, 6.45) is 1.83. The topological polar surface area (TPSA) is 40.2 Å². The number of nitrogens with zero attached hydrogens (tertiary/aromatic N) is 2. The van der Waals surface area contributed by atoms with E-state index >= 15 is 0 Å². The Labute approximate surface area is 104 Å². The van der Waals surface area contributed by atoms with E-state index in [0.29, 0.717) is 6.04 Å². The molecule has 0 aliphatic rings. The van der Waals surface area contributed by atoms with E-state index in [4.69, 9.17) is 0 Å². The zero-order chi connectivity index (χ0) is 12.7. The predicted molar refractivity (Wildman–Crippen MR) is 74.7 cm³/mol. The van der Waals surface area contributed by atoms with Gasteiger partial charge in [-0.3, -0.25) is 0 Å². The van der Waals surface area contributed by atoms with Crippen molar-refractivity contribution in [1.29, 1.82) is 0 Å². The van der Waals surface area contributed by atoms with Crippen molar-refractivity contribution >= 4 is 11.5 Å². The van der Waals surface area contributed by atoms with Crippen molar-refractivity contribution in [2.75, 3.05) is 37.3 Å². The molecule has 0 saturated carbocycles. The van der Waals surface area contributed by atoms with Gasteiger partial charge in [0.05, 0.1) is 0 Å². The second-order valence-electron chi connectivity index (χ2n) is 4.46. The molecule has 2 N–H and O–H groups in total. The molecule has 0 aliphatic carbocycles. The summed E-state index contributed by atoms with van der Waals surface area (Å²) in [4.78, 5) is 6.56. The average molecular weight is 236 g/mol. The van der Waals surface area contributed by atoms with Crippen molar-refractivity contribution in [3.63, 3.8) is 0 Å². The Morgan fingerprint density at radius 2 is 2.12 bits per heavy atom. The third kappa shape index (κ3) is 5.04. The summed E-state index contributed by atoms with van der Waals surface area (Å²) in [5.74, 6) is 0.926. The van der Waals surface area contributed by atoms with Crippen LogP contribution in [0.2, 0.25) is 0 Å². The highest BCUT2D eigenvalue weighted by atomic mass is 15.1. The number of rotatable bonds is 7. The number of likely N-dealkylation sites (N-methyl/N-ethyl adjacent to an activating group) is 1. The molecule has 0 bridgehead atoms. The van der Waals surface area contributed by atoms with Crippen LogP contribution in [0.1, 0.15) is 20.8 Å². The van der Waals surface area contributed by atoms with Crippen LogP contribution in [0.15, 0.2) is 18.3 Å². The van der Waals surface area contributed by atoms with Gasteiger partial charge in [-0.2, -0.15) is 0 Å². The molecule has 1 rings (SSSR count). The molecule has 1 aromatic heterocycles. The lowest BCUT2D eigenvalue weighted by molar-refractivity contribution is 0.284. The van der Waals surface area contributed by atoms with E-state index in [0.717, 1.165) is 31.1 Å². The summed E-state index contributed by atoms with van der Waals surface area (Å²) in [6, 6.07) is 4.63. The highest BCUT2D eigenvalue weighted by Gasteiger charge is 2.02. The largest absolute Gasteiger partial charge is 0.384 e. The summed E-state index contributed by atoms with van der Waals surface area (Å²) in [5, 5.41) is 6.61. The number of anilines is 2. The van der Waals surface area contributed by atoms with Crippen molar-refractivity contribution < 1.29 is 0 Å². The van der Waals surface area contributed by atoms with Gasteiger partial charge >= 0.3 is 0 Å². The van der Waals surface area contributed by atoms with Gasteiger partial charge in [0.1, 0.15) is 5.82 Å². The number of pyridine rings is 1. The highest BCUT2D eigenvalue weighted by Crippen LogP contribution is 2.11. The Bertz CT molecular complexity index is 325. The number of nitrogens with one attached hydrogen (secondary N) is 2. The molecular formula is C13H24N4. The third-order valence-corrected chi connectivity index (χ3v) is 2.79. The first kappa shape index (κ1) is 13.8. The third-order valence-electron chi connectivity index (χ3n) is 2.79. The SMILES string of the molecule is CCNc1cc(NCCN(C)C(C)C)ccn1. The Kier molecular flexibility index (Phi) is 5.77. The van der Waals surface area contributed by atoms with Gasteiger partial charge in [0.2, 0.25) is 0 Å². The van der Waals surface area contributed by atoms with Gasteiger partial charge in [0, 0.05) is 43.6 Å². The van der Waals surface area contributed by atoms with Crippen LogP contribution in [0.4, 0.5) is 11.5 Å². The fourth-order valence-corrected chi connectivity index (χ4v) is 1.45. The molecule has 0 aliphatic heterocycles. The molecule has 0 unspecified atom stereocenters. The van der Waals surface area contributed by atoms with Gasteiger partial charge in [0.25, 0.3) is 0 Å². The van der Waals surface area contributed by atoms with E-state index in [-0.39, 0.29) is 0 Å². The Hall–Kier alpha value is -1.29. The Morgan fingerprint density at radius 1 is 1.35 bits per heavy atom. The van der Waals surface area contributed by atoms with Gasteiger partial charge in [0.15, 0.2) is 0 Å². The van der Waals surface area contributed by atoms with Crippen LogP contribution < -0.4 is 10.6 Å². The molecule has 4 nitrogen and oxygen atoms in total. The predicted octanol–water partition coefficient (Wildman–Crippen LogP) is 2.27. The van der Waals surface area contributed by atoms with Gasteiger partial charge in [-0.25, -0.2) is 4.98 Å². The van der Waals surface area contributed by atoms with Crippen LogP contribution in [0.5, 0.6) is 0 Å². The van der Waals surface area contributed by atoms with Crippen LogP contribution in [-0.2, 0) is 0 Å². The number of hydrogen-bond acceptors (Lipinski definition) is 4. The monoisotopic (exact) mass is 236 g/mol. The Morgan fingerprint density at radius 3 is 2.76 bits per heavy atom. The molecule has 0 fully saturated rings. The molecule has 96 valence electrons. The molecule has 0 saturated heterocycles. The van der Waals surface area contributed by atoms with E-state index in [1.807, 2.05) is 18.3 Å². The van der Waals surface area contributed by atoms with Crippen molar-refractivity contribution in [2.45, 2.75) is 26.8 Å². The molecule has 1 heterocycles. The van der Waals surface area contributed by atoms with Crippen molar-refractivity contribution in [1.82, 2.24) is 9.88 Å². The summed E-state index contributed by atoms with van der Waals surface area (Å²) < 4.78 is 0. The minimum absolute atomic E-state index is 0.589. The fourth-order valence-electron chi connectivity index (χ4n) is 1.45. The first-order valence-electron chi connectivity index (χ1n) is 6.27. The Balaban J connectivity index is 2.38. The van der Waals surface area contributed by atoms with E-state index in [2.05, 4.69) is 48.3 Å². The zero-order valence-electron chi connectivity index (χ0n) is 11.3. The summed E-state index contributed by atoms with van der Waals surface area (Å²) in [7, 11) is 2.14. The van der Waals surface area contributed by atoms with Crippen LogP contribution >= 0.6 is 0 Å². The first-order valence-corrected chi connectivity index (χ1v) is 6.27. The number of hydrogen-bond donors (Lipinski definition) is 2. The maximum Gasteiger partial charge on any atom is 0.127 e. The molecule has 0 radical (unpaired) electrons. The first-order chi connectivity index (χ1) is 8.13. The van der Waals surface area contributed by atoms with Crippen LogP contribution in [0.25, 0.3) is 0 Å². The molecular weight excluding hydrogens is 212 g/mol. The van der Waals surface area contributed by atoms with Crippen LogP contribution in [0, 0.1) is 0 Å². The molecule has 0 atom stereocenters. The van der Waals surface area contributed by atoms with E-state index in [1.54, 1.807) is 0 Å². The minimum Gasteiger partial charge on any atom is -0.384 e. The zero-order valence-corrected chi connectivity index (χ0v) is 11.3. The van der Waals surface area contributed by atoms with Crippen LogP contribution in [0.3, 0.4) is 0 Å². The van der Waals surface area contributed by atoms with Gasteiger partial charge in [-0.1, -0.05) is 0 Å². The second kappa shape index (κ2) is 7.12. The second-order valence-corrected chi connectivity index (χ2v) is 4.46. The molecule has 0 aromatic carbocycles. The molecule has 17 heavy (non-hydrogen) atoms.